The largest absolute Gasteiger partial charge is 0.420 e. The van der Waals surface area contributed by atoms with E-state index in [1.807, 2.05) is 12.1 Å². The number of carbonyl (C=O) groups excluding carboxylic acids is 1. The van der Waals surface area contributed by atoms with Gasteiger partial charge in [-0.25, -0.2) is 18.4 Å². The van der Waals surface area contributed by atoms with Crippen LogP contribution >= 0.6 is 11.3 Å². The molecule has 2 aromatic heterocycles. The van der Waals surface area contributed by atoms with Gasteiger partial charge in [0, 0.05) is 37.1 Å². The van der Waals surface area contributed by atoms with Gasteiger partial charge in [0.25, 0.3) is 5.91 Å². The van der Waals surface area contributed by atoms with Crippen LogP contribution in [-0.4, -0.2) is 66.0 Å². The van der Waals surface area contributed by atoms with E-state index in [2.05, 4.69) is 33.3 Å². The van der Waals surface area contributed by atoms with Gasteiger partial charge in [-0.15, -0.1) is 11.3 Å². The summed E-state index contributed by atoms with van der Waals surface area (Å²) in [6.07, 6.45) is 0.683. The molecule has 2 saturated carbocycles. The molecule has 1 N–H and O–H groups in total. The van der Waals surface area contributed by atoms with Crippen molar-refractivity contribution >= 4 is 38.7 Å². The number of nitrogens with one attached hydrogen (secondary N) is 1. The number of sulfone groups is 1. The number of hydrogen-bond acceptors (Lipinski definition) is 8. The zero-order valence-electron chi connectivity index (χ0n) is 22.2. The molecule has 1 amide bonds. The Bertz CT molecular complexity index is 1660. The molecule has 4 heterocycles. The van der Waals surface area contributed by atoms with Crippen molar-refractivity contribution in [1.29, 1.82) is 0 Å². The monoisotopic (exact) mass is 603 g/mol. The average molecular weight is 604 g/mol. The maximum atomic E-state index is 14.1. The van der Waals surface area contributed by atoms with Gasteiger partial charge < -0.3 is 10.2 Å². The van der Waals surface area contributed by atoms with Crippen LogP contribution in [0.25, 0.3) is 10.6 Å². The highest BCUT2D eigenvalue weighted by atomic mass is 32.2. The molecule has 1 aromatic carbocycles. The van der Waals surface area contributed by atoms with Crippen molar-refractivity contribution in [2.45, 2.75) is 61.2 Å². The summed E-state index contributed by atoms with van der Waals surface area (Å²) < 4.78 is 68.5. The third kappa shape index (κ3) is 4.91. The number of benzene rings is 1. The number of halogens is 3. The summed E-state index contributed by atoms with van der Waals surface area (Å²) in [5.41, 5.74) is 1.51. The van der Waals surface area contributed by atoms with Gasteiger partial charge in [-0.2, -0.15) is 13.2 Å². The number of aromatic nitrogens is 2. The summed E-state index contributed by atoms with van der Waals surface area (Å²) in [4.78, 5) is 25.0. The van der Waals surface area contributed by atoms with Crippen LogP contribution in [-0.2, 0) is 16.0 Å². The molecule has 3 aromatic rings. The third-order valence-electron chi connectivity index (χ3n) is 8.42. The standard InChI is InChI=1S/C28H28F3N5O3S2/c1-35-9-8-21(35)16-4-7-20(18(12-16)15-2-3-15)33-27-32-14-19(28(29,30)31)24(34-27)22-13-23-25(40-22)26(37)36(17-5-6-17)10-11-41(23,38)39/h4,7,12-15,17,21H,2-3,5-6,8-11H2,1H3,(H,32,33,34). The number of fused-ring (bicyclic) bond motifs is 1. The van der Waals surface area contributed by atoms with Gasteiger partial charge >= 0.3 is 6.18 Å². The molecule has 4 aliphatic rings. The predicted octanol–water partition coefficient (Wildman–Crippen LogP) is 5.61. The number of likely N-dealkylation sites (tertiary alicyclic amines) is 1. The number of alkyl halides is 3. The van der Waals surface area contributed by atoms with Crippen LogP contribution < -0.4 is 5.32 Å². The first kappa shape index (κ1) is 26.8. The van der Waals surface area contributed by atoms with Gasteiger partial charge in [0.1, 0.15) is 10.4 Å². The van der Waals surface area contributed by atoms with Crippen LogP contribution in [0.4, 0.5) is 24.8 Å². The number of carbonyl (C=O) groups is 1. The minimum absolute atomic E-state index is 0.0217. The van der Waals surface area contributed by atoms with Crippen molar-refractivity contribution < 1.29 is 26.4 Å². The van der Waals surface area contributed by atoms with Crippen LogP contribution in [0, 0.1) is 0 Å². The third-order valence-corrected chi connectivity index (χ3v) is 11.4. The SMILES string of the molecule is CN1CCC1c1ccc(Nc2ncc(C(F)(F)F)c(-c3cc4c(s3)C(=O)N(C3CC3)CCS4(=O)=O)n2)c(C2CC2)c1. The Kier molecular flexibility index (Phi) is 6.22. The number of hydrogen-bond donors (Lipinski definition) is 1. The minimum Gasteiger partial charge on any atom is -0.334 e. The van der Waals surface area contributed by atoms with E-state index in [1.54, 1.807) is 0 Å². The van der Waals surface area contributed by atoms with E-state index < -0.39 is 33.2 Å². The van der Waals surface area contributed by atoms with Crippen molar-refractivity contribution in [2.24, 2.45) is 0 Å². The maximum absolute atomic E-state index is 14.1. The van der Waals surface area contributed by atoms with Crippen LogP contribution in [0.15, 0.2) is 35.4 Å². The van der Waals surface area contributed by atoms with E-state index in [1.165, 1.54) is 16.5 Å². The number of amides is 1. The fourth-order valence-electron chi connectivity index (χ4n) is 5.70. The van der Waals surface area contributed by atoms with Crippen LogP contribution in [0.5, 0.6) is 0 Å². The Morgan fingerprint density at radius 1 is 1.07 bits per heavy atom. The van der Waals surface area contributed by atoms with Crippen molar-refractivity contribution in [2.75, 3.05) is 31.2 Å². The van der Waals surface area contributed by atoms with E-state index >= 15 is 0 Å². The van der Waals surface area contributed by atoms with Crippen LogP contribution in [0.1, 0.15) is 70.4 Å². The Hall–Kier alpha value is -3.03. The Morgan fingerprint density at radius 3 is 2.49 bits per heavy atom. The van der Waals surface area contributed by atoms with Gasteiger partial charge in [-0.05, 0) is 68.3 Å². The molecule has 7 rings (SSSR count). The Morgan fingerprint density at radius 2 is 1.85 bits per heavy atom. The predicted molar refractivity (Wildman–Crippen MR) is 148 cm³/mol. The molecule has 13 heteroatoms. The first-order valence-electron chi connectivity index (χ1n) is 13.7. The molecular weight excluding hydrogens is 575 g/mol. The van der Waals surface area contributed by atoms with Crippen LogP contribution in [0.2, 0.25) is 0 Å². The Balaban J connectivity index is 1.28. The molecule has 41 heavy (non-hydrogen) atoms. The number of rotatable bonds is 6. The molecule has 0 spiro atoms. The number of anilines is 2. The Labute approximate surface area is 239 Å². The maximum Gasteiger partial charge on any atom is 0.420 e. The smallest absolute Gasteiger partial charge is 0.334 e. The molecule has 0 radical (unpaired) electrons. The molecule has 1 atom stereocenters. The molecule has 2 aliphatic carbocycles. The van der Waals surface area contributed by atoms with Gasteiger partial charge in [0.2, 0.25) is 5.95 Å². The van der Waals surface area contributed by atoms with Gasteiger partial charge in [0.05, 0.1) is 21.2 Å². The van der Waals surface area contributed by atoms with Crippen molar-refractivity contribution in [3.63, 3.8) is 0 Å². The molecule has 2 aliphatic heterocycles. The highest BCUT2D eigenvalue weighted by Gasteiger charge is 2.42. The summed E-state index contributed by atoms with van der Waals surface area (Å²) in [7, 11) is -1.78. The first-order valence-corrected chi connectivity index (χ1v) is 16.2. The lowest BCUT2D eigenvalue weighted by Gasteiger charge is -2.38. The zero-order chi connectivity index (χ0) is 28.7. The molecule has 1 unspecified atom stereocenters. The van der Waals surface area contributed by atoms with E-state index in [0.29, 0.717) is 12.0 Å². The molecule has 0 bridgehead atoms. The molecule has 1 saturated heterocycles. The summed E-state index contributed by atoms with van der Waals surface area (Å²) in [6.45, 7) is 1.13. The van der Waals surface area contributed by atoms with E-state index in [0.717, 1.165) is 67.4 Å². The van der Waals surface area contributed by atoms with E-state index in [4.69, 9.17) is 0 Å². The average Bonchev–Trinajstić information content (AvgIpc) is 3.85. The highest BCUT2D eigenvalue weighted by Crippen LogP contribution is 2.47. The molecule has 8 nitrogen and oxygen atoms in total. The molecular formula is C28H28F3N5O3S2. The normalized spacial score (nSPS) is 22.7. The second-order valence-electron chi connectivity index (χ2n) is 11.3. The van der Waals surface area contributed by atoms with E-state index in [9.17, 15) is 26.4 Å². The van der Waals surface area contributed by atoms with Crippen molar-refractivity contribution in [3.05, 3.63) is 52.0 Å². The van der Waals surface area contributed by atoms with Crippen molar-refractivity contribution in [3.8, 4) is 10.6 Å². The fourth-order valence-corrected chi connectivity index (χ4v) is 8.61. The van der Waals surface area contributed by atoms with Gasteiger partial charge in [-0.1, -0.05) is 12.1 Å². The van der Waals surface area contributed by atoms with Gasteiger partial charge in [-0.3, -0.25) is 9.69 Å². The van der Waals surface area contributed by atoms with Crippen LogP contribution in [0.3, 0.4) is 0 Å². The summed E-state index contributed by atoms with van der Waals surface area (Å²) in [5, 5.41) is 3.13. The second-order valence-corrected chi connectivity index (χ2v) is 14.5. The summed E-state index contributed by atoms with van der Waals surface area (Å²) in [5.74, 6) is -0.374. The first-order chi connectivity index (χ1) is 19.5. The summed E-state index contributed by atoms with van der Waals surface area (Å²) in [6, 6.07) is 7.64. The zero-order valence-corrected chi connectivity index (χ0v) is 23.9. The minimum atomic E-state index is -4.78. The number of nitrogens with zero attached hydrogens (tertiary/aromatic N) is 4. The summed E-state index contributed by atoms with van der Waals surface area (Å²) >= 11 is 0.746. The lowest BCUT2D eigenvalue weighted by Crippen LogP contribution is -2.37. The highest BCUT2D eigenvalue weighted by molar-refractivity contribution is 7.91. The quantitative estimate of drug-likeness (QED) is 0.391. The lowest BCUT2D eigenvalue weighted by molar-refractivity contribution is -0.137. The topological polar surface area (TPSA) is 95.5 Å². The van der Waals surface area contributed by atoms with E-state index in [-0.39, 0.29) is 38.9 Å². The van der Waals surface area contributed by atoms with Crippen molar-refractivity contribution in [1.82, 2.24) is 19.8 Å². The fraction of sp³-hybridized carbons (Fsp3) is 0.464. The second kappa shape index (κ2) is 9.50. The molecule has 3 fully saturated rings. The lowest BCUT2D eigenvalue weighted by atomic mass is 9.92. The molecule has 216 valence electrons. The van der Waals surface area contributed by atoms with Gasteiger partial charge in [0.15, 0.2) is 9.84 Å². The number of thiophene rings is 1.